The van der Waals surface area contributed by atoms with Crippen LogP contribution < -0.4 is 0 Å². The largest absolute Gasteiger partial charge is 0.228 e. The van der Waals surface area contributed by atoms with E-state index in [2.05, 4.69) is 24.3 Å². The van der Waals surface area contributed by atoms with Gasteiger partial charge in [-0.3, -0.25) is 0 Å². The molecule has 1 aromatic heterocycles. The molecule has 232 valence electrons. The quantitative estimate of drug-likeness (QED) is 0.188. The zero-order valence-electron chi connectivity index (χ0n) is 35.9. The summed E-state index contributed by atoms with van der Waals surface area (Å²) < 4.78 is 80.0. The van der Waals surface area contributed by atoms with E-state index in [9.17, 15) is 4.11 Å². The van der Waals surface area contributed by atoms with E-state index in [0.29, 0.717) is 39.3 Å². The number of fused-ring (bicyclic) bond motifs is 4. The van der Waals surface area contributed by atoms with Gasteiger partial charge in [-0.05, 0) is 73.4 Å². The molecule has 8 aromatic rings. The van der Waals surface area contributed by atoms with Gasteiger partial charge in [0, 0.05) is 22.1 Å². The van der Waals surface area contributed by atoms with Crippen LogP contribution in [-0.2, 0) is 5.41 Å². The van der Waals surface area contributed by atoms with Crippen molar-refractivity contribution in [3.05, 3.63) is 181 Å². The fourth-order valence-electron chi connectivity index (χ4n) is 6.73. The minimum atomic E-state index is -1.10. The predicted octanol–water partition coefficient (Wildman–Crippen LogP) is 12.3. The number of hydrogen-bond donors (Lipinski definition) is 0. The zero-order chi connectivity index (χ0) is 40.8. The van der Waals surface area contributed by atoms with E-state index < -0.39 is 29.6 Å². The second-order valence-corrected chi connectivity index (χ2v) is 12.7. The van der Waals surface area contributed by atoms with E-state index in [4.69, 9.17) is 18.2 Å². The molecule has 0 fully saturated rings. The monoisotopic (exact) mass is 635 g/mol. The first-order valence-corrected chi connectivity index (χ1v) is 16.2. The van der Waals surface area contributed by atoms with Crippen molar-refractivity contribution in [1.29, 1.82) is 0 Å². The Kier molecular flexibility index (Phi) is 4.94. The maximum Gasteiger partial charge on any atom is 0.160 e. The molecule has 1 aliphatic carbocycles. The highest BCUT2D eigenvalue weighted by atomic mass is 14.9. The lowest BCUT2D eigenvalue weighted by Crippen LogP contribution is -2.14. The van der Waals surface area contributed by atoms with Crippen molar-refractivity contribution in [2.45, 2.75) is 19.3 Å². The van der Waals surface area contributed by atoms with Crippen LogP contribution in [0, 0.1) is 0 Å². The first kappa shape index (κ1) is 21.0. The molecule has 0 radical (unpaired) electrons. The first-order chi connectivity index (χ1) is 27.8. The topological polar surface area (TPSA) is 25.8 Å². The SMILES string of the molecule is [2H]c1c([2H])c(-c2ccc(-c3cc(-c4ccc(-c5ccccc5)cc4)nc(-c4ccccc4)n3)cc2)c2c(c1[2H])C(C)(C)c1c-2c([2H])c2c([2H])c([2H])c([2H])c([2H])c2c1[2H]. The van der Waals surface area contributed by atoms with Crippen LogP contribution in [0.15, 0.2) is 170 Å². The van der Waals surface area contributed by atoms with E-state index in [1.807, 2.05) is 91.0 Å². The molecular formula is C47H34N2. The van der Waals surface area contributed by atoms with E-state index >= 15 is 0 Å². The Labute approximate surface area is 300 Å². The molecule has 0 aliphatic heterocycles. The number of nitrogens with zero attached hydrogens (tertiary/aromatic N) is 2. The summed E-state index contributed by atoms with van der Waals surface area (Å²) in [5.41, 5.74) is 7.25. The van der Waals surface area contributed by atoms with Gasteiger partial charge in [0.1, 0.15) is 0 Å². The summed E-state index contributed by atoms with van der Waals surface area (Å²) in [6.45, 7) is 3.60. The number of hydrogen-bond acceptors (Lipinski definition) is 2. The molecule has 1 aliphatic rings. The van der Waals surface area contributed by atoms with Crippen LogP contribution in [0.3, 0.4) is 0 Å². The smallest absolute Gasteiger partial charge is 0.160 e. The van der Waals surface area contributed by atoms with Crippen LogP contribution >= 0.6 is 0 Å². The molecule has 0 bridgehead atoms. The van der Waals surface area contributed by atoms with Crippen molar-refractivity contribution in [3.63, 3.8) is 0 Å². The van der Waals surface area contributed by atoms with Crippen LogP contribution in [0.4, 0.5) is 0 Å². The summed E-state index contributed by atoms with van der Waals surface area (Å²) in [6.07, 6.45) is 0. The van der Waals surface area contributed by atoms with E-state index in [-0.39, 0.29) is 46.5 Å². The molecule has 1 heterocycles. The van der Waals surface area contributed by atoms with E-state index in [0.717, 1.165) is 33.5 Å². The lowest BCUT2D eigenvalue weighted by Gasteiger charge is -2.22. The van der Waals surface area contributed by atoms with Gasteiger partial charge in [0.15, 0.2) is 5.82 Å². The van der Waals surface area contributed by atoms with Gasteiger partial charge >= 0.3 is 0 Å². The van der Waals surface area contributed by atoms with E-state index in [1.165, 1.54) is 0 Å². The minimum Gasteiger partial charge on any atom is -0.228 e. The summed E-state index contributed by atoms with van der Waals surface area (Å²) in [5.74, 6) is 0.554. The summed E-state index contributed by atoms with van der Waals surface area (Å²) in [6, 6.07) is 34.7. The third-order valence-electron chi connectivity index (χ3n) is 9.33. The third kappa shape index (κ3) is 5.05. The molecule has 9 rings (SSSR count). The Morgan fingerprint density at radius 1 is 0.469 bits per heavy atom. The summed E-state index contributed by atoms with van der Waals surface area (Å²) in [5, 5.41) is -0.146. The van der Waals surface area contributed by atoms with E-state index in [1.54, 1.807) is 13.8 Å². The van der Waals surface area contributed by atoms with Crippen molar-refractivity contribution in [2.75, 3.05) is 0 Å². The van der Waals surface area contributed by atoms with Gasteiger partial charge in [-0.1, -0.05) is 165 Å². The molecule has 0 spiro atoms. The number of benzene rings is 7. The Morgan fingerprint density at radius 2 is 1.00 bits per heavy atom. The van der Waals surface area contributed by atoms with Gasteiger partial charge < -0.3 is 0 Å². The van der Waals surface area contributed by atoms with Crippen LogP contribution in [0.1, 0.15) is 37.3 Å². The molecule has 2 nitrogen and oxygen atoms in total. The fourth-order valence-corrected chi connectivity index (χ4v) is 6.73. The highest BCUT2D eigenvalue weighted by Gasteiger charge is 2.37. The molecule has 0 unspecified atom stereocenters. The minimum absolute atomic E-state index is 0.0588. The maximum atomic E-state index is 9.45. The average molecular weight is 636 g/mol. The number of rotatable bonds is 5. The molecular weight excluding hydrogens is 593 g/mol. The fraction of sp³-hybridized carbons (Fsp3) is 0.0638. The number of aromatic nitrogens is 2. The van der Waals surface area contributed by atoms with Crippen molar-refractivity contribution >= 4 is 10.8 Å². The van der Waals surface area contributed by atoms with Crippen LogP contribution in [-0.4, -0.2) is 9.97 Å². The van der Waals surface area contributed by atoms with Crippen LogP contribution in [0.2, 0.25) is 0 Å². The summed E-state index contributed by atoms with van der Waals surface area (Å²) in [4.78, 5) is 9.96. The maximum absolute atomic E-state index is 9.45. The van der Waals surface area contributed by atoms with Crippen molar-refractivity contribution < 1.29 is 12.3 Å². The van der Waals surface area contributed by atoms with Gasteiger partial charge in [-0.15, -0.1) is 0 Å². The Bertz CT molecular complexity index is 2980. The molecule has 0 atom stereocenters. The second kappa shape index (κ2) is 11.5. The second-order valence-electron chi connectivity index (χ2n) is 12.7. The highest BCUT2D eigenvalue weighted by Crippen LogP contribution is 2.53. The Balaban J connectivity index is 1.21. The van der Waals surface area contributed by atoms with Gasteiger partial charge in [0.2, 0.25) is 0 Å². The van der Waals surface area contributed by atoms with Gasteiger partial charge in [0.05, 0.1) is 23.7 Å². The van der Waals surface area contributed by atoms with Crippen molar-refractivity contribution in [3.8, 4) is 67.3 Å². The lowest BCUT2D eigenvalue weighted by atomic mass is 9.81. The van der Waals surface area contributed by atoms with Crippen molar-refractivity contribution in [2.24, 2.45) is 0 Å². The van der Waals surface area contributed by atoms with Gasteiger partial charge in [0.25, 0.3) is 0 Å². The zero-order valence-corrected chi connectivity index (χ0v) is 26.9. The van der Waals surface area contributed by atoms with Gasteiger partial charge in [-0.2, -0.15) is 0 Å². The summed E-state index contributed by atoms with van der Waals surface area (Å²) in [7, 11) is 0. The third-order valence-corrected chi connectivity index (χ3v) is 9.33. The standard InChI is InChI=1S/C47H34N2/c1-47(2)41-19-11-18-39(45(41)40-28-37-16-9-10-17-38(37)29-42(40)47)33-22-26-35(27-23-33)44-30-43(48-46(49-44)36-14-7-4-8-15-36)34-24-20-32(21-25-34)31-12-5-3-6-13-31/h3-30H,1-2H3/i9D,10D,11D,16D,17D,18D,19D,28D,29D. The molecule has 0 saturated carbocycles. The lowest BCUT2D eigenvalue weighted by molar-refractivity contribution is 0.661. The Hall–Kier alpha value is -6.12. The predicted molar refractivity (Wildman–Crippen MR) is 204 cm³/mol. The molecule has 7 aromatic carbocycles. The Morgan fingerprint density at radius 3 is 1.63 bits per heavy atom. The molecule has 0 N–H and O–H groups in total. The molecule has 0 amide bonds. The summed E-state index contributed by atoms with van der Waals surface area (Å²) >= 11 is 0. The first-order valence-electron chi connectivity index (χ1n) is 20.7. The molecule has 2 heteroatoms. The molecule has 0 saturated heterocycles. The molecule has 49 heavy (non-hydrogen) atoms. The highest BCUT2D eigenvalue weighted by molar-refractivity contribution is 5.98. The van der Waals surface area contributed by atoms with Crippen LogP contribution in [0.5, 0.6) is 0 Å². The van der Waals surface area contributed by atoms with Crippen LogP contribution in [0.25, 0.3) is 78.1 Å². The van der Waals surface area contributed by atoms with Gasteiger partial charge in [-0.25, -0.2) is 9.97 Å². The van der Waals surface area contributed by atoms with Crippen molar-refractivity contribution in [1.82, 2.24) is 9.97 Å². The normalized spacial score (nSPS) is 15.4. The average Bonchev–Trinajstić information content (AvgIpc) is 3.50.